The van der Waals surface area contributed by atoms with Gasteiger partial charge in [-0.25, -0.2) is 4.39 Å². The van der Waals surface area contributed by atoms with Crippen LogP contribution in [0.25, 0.3) is 6.08 Å². The summed E-state index contributed by atoms with van der Waals surface area (Å²) in [5.41, 5.74) is 0.792. The van der Waals surface area contributed by atoms with Gasteiger partial charge in [-0.05, 0) is 73.6 Å². The van der Waals surface area contributed by atoms with Crippen LogP contribution in [0.1, 0.15) is 19.4 Å². The second kappa shape index (κ2) is 7.11. The van der Waals surface area contributed by atoms with Gasteiger partial charge in [0.15, 0.2) is 0 Å². The number of benzene rings is 2. The van der Waals surface area contributed by atoms with E-state index in [-0.39, 0.29) is 23.0 Å². The molecule has 0 saturated carbocycles. The monoisotopic (exact) mass is 357 g/mol. The van der Waals surface area contributed by atoms with Crippen LogP contribution in [-0.4, -0.2) is 22.1 Å². The zero-order chi connectivity index (χ0) is 18.0. The molecule has 2 aromatic rings. The molecule has 4 nitrogen and oxygen atoms in total. The van der Waals surface area contributed by atoms with Gasteiger partial charge in [-0.15, -0.1) is 0 Å². The van der Waals surface area contributed by atoms with Crippen molar-refractivity contribution in [3.8, 4) is 11.5 Å². The predicted octanol–water partition coefficient (Wildman–Crippen LogP) is 5.06. The van der Waals surface area contributed by atoms with E-state index in [4.69, 9.17) is 4.74 Å². The number of thioether (sulfide) groups is 1. The van der Waals surface area contributed by atoms with E-state index in [0.717, 1.165) is 17.3 Å². The molecular weight excluding hydrogens is 341 g/mol. The summed E-state index contributed by atoms with van der Waals surface area (Å²) in [6, 6.07) is 12.7. The fourth-order valence-electron chi connectivity index (χ4n) is 2.35. The van der Waals surface area contributed by atoms with E-state index in [0.29, 0.717) is 16.4 Å². The van der Waals surface area contributed by atoms with Gasteiger partial charge in [0.05, 0.1) is 4.91 Å². The van der Waals surface area contributed by atoms with E-state index in [1.54, 1.807) is 56.3 Å². The summed E-state index contributed by atoms with van der Waals surface area (Å²) in [4.78, 5) is 25.8. The van der Waals surface area contributed by atoms with Crippen LogP contribution in [0.3, 0.4) is 0 Å². The van der Waals surface area contributed by atoms with Gasteiger partial charge in [-0.2, -0.15) is 0 Å². The van der Waals surface area contributed by atoms with Crippen LogP contribution in [0.2, 0.25) is 0 Å². The van der Waals surface area contributed by atoms with Crippen LogP contribution >= 0.6 is 11.8 Å². The molecular formula is C19H16FNO3S. The van der Waals surface area contributed by atoms with Gasteiger partial charge in [0, 0.05) is 6.04 Å². The third kappa shape index (κ3) is 3.91. The van der Waals surface area contributed by atoms with Crippen molar-refractivity contribution in [3.05, 3.63) is 64.8 Å². The summed E-state index contributed by atoms with van der Waals surface area (Å²) in [7, 11) is 0. The van der Waals surface area contributed by atoms with Crippen LogP contribution in [0, 0.1) is 5.82 Å². The van der Waals surface area contributed by atoms with Gasteiger partial charge in [0.25, 0.3) is 11.1 Å². The number of amides is 2. The lowest BCUT2D eigenvalue weighted by Crippen LogP contribution is -2.34. The number of nitrogens with zero attached hydrogens (tertiary/aromatic N) is 1. The van der Waals surface area contributed by atoms with Crippen molar-refractivity contribution >= 4 is 29.0 Å². The first-order valence-electron chi connectivity index (χ1n) is 7.74. The highest BCUT2D eigenvalue weighted by Crippen LogP contribution is 2.33. The highest BCUT2D eigenvalue weighted by atomic mass is 32.2. The first-order valence-corrected chi connectivity index (χ1v) is 8.56. The van der Waals surface area contributed by atoms with E-state index < -0.39 is 0 Å². The molecule has 0 aliphatic carbocycles. The summed E-state index contributed by atoms with van der Waals surface area (Å²) >= 11 is 0.945. The van der Waals surface area contributed by atoms with E-state index in [1.165, 1.54) is 17.0 Å². The molecule has 25 heavy (non-hydrogen) atoms. The van der Waals surface area contributed by atoms with Crippen LogP contribution in [0.15, 0.2) is 53.4 Å². The van der Waals surface area contributed by atoms with E-state index in [2.05, 4.69) is 0 Å². The zero-order valence-electron chi connectivity index (χ0n) is 13.7. The van der Waals surface area contributed by atoms with Crippen molar-refractivity contribution in [2.75, 3.05) is 0 Å². The fourth-order valence-corrected chi connectivity index (χ4v) is 3.31. The Hall–Kier alpha value is -2.60. The Kier molecular flexibility index (Phi) is 4.90. The smallest absolute Gasteiger partial charge is 0.293 e. The Morgan fingerprint density at radius 3 is 2.08 bits per heavy atom. The molecule has 0 aromatic heterocycles. The number of carbonyl (C=O) groups is 2. The van der Waals surface area contributed by atoms with E-state index >= 15 is 0 Å². The Morgan fingerprint density at radius 1 is 1.00 bits per heavy atom. The summed E-state index contributed by atoms with van der Waals surface area (Å²) in [6.45, 7) is 3.61. The molecule has 0 atom stereocenters. The van der Waals surface area contributed by atoms with Crippen molar-refractivity contribution in [2.45, 2.75) is 19.9 Å². The maximum absolute atomic E-state index is 12.9. The average molecular weight is 357 g/mol. The lowest BCUT2D eigenvalue weighted by atomic mass is 10.2. The quantitative estimate of drug-likeness (QED) is 0.717. The molecule has 0 N–H and O–H groups in total. The third-order valence-electron chi connectivity index (χ3n) is 3.57. The molecule has 1 aliphatic heterocycles. The Balaban J connectivity index is 1.73. The van der Waals surface area contributed by atoms with Gasteiger partial charge in [-0.3, -0.25) is 14.5 Å². The molecule has 1 aliphatic rings. The van der Waals surface area contributed by atoms with Gasteiger partial charge >= 0.3 is 0 Å². The van der Waals surface area contributed by atoms with Crippen LogP contribution < -0.4 is 4.74 Å². The molecule has 1 heterocycles. The second-order valence-electron chi connectivity index (χ2n) is 5.77. The third-order valence-corrected chi connectivity index (χ3v) is 4.45. The molecule has 1 fully saturated rings. The lowest BCUT2D eigenvalue weighted by Gasteiger charge is -2.16. The Morgan fingerprint density at radius 2 is 1.56 bits per heavy atom. The predicted molar refractivity (Wildman–Crippen MR) is 95.9 cm³/mol. The molecule has 2 amide bonds. The number of ether oxygens (including phenoxy) is 1. The molecule has 3 rings (SSSR count). The van der Waals surface area contributed by atoms with Gasteiger partial charge in [-0.1, -0.05) is 12.1 Å². The van der Waals surface area contributed by atoms with Gasteiger partial charge in [0.1, 0.15) is 17.3 Å². The van der Waals surface area contributed by atoms with Gasteiger partial charge in [0.2, 0.25) is 0 Å². The van der Waals surface area contributed by atoms with Crippen LogP contribution in [0.4, 0.5) is 9.18 Å². The zero-order valence-corrected chi connectivity index (χ0v) is 14.5. The largest absolute Gasteiger partial charge is 0.457 e. The number of halogens is 1. The first kappa shape index (κ1) is 17.2. The first-order chi connectivity index (χ1) is 11.9. The number of hydrogen-bond acceptors (Lipinski definition) is 4. The molecule has 0 bridgehead atoms. The molecule has 128 valence electrons. The second-order valence-corrected chi connectivity index (χ2v) is 6.76. The number of carbonyl (C=O) groups excluding carboxylic acids is 2. The molecule has 0 spiro atoms. The van der Waals surface area contributed by atoms with Crippen molar-refractivity contribution in [3.63, 3.8) is 0 Å². The minimum absolute atomic E-state index is 0.162. The van der Waals surface area contributed by atoms with Crippen molar-refractivity contribution in [1.29, 1.82) is 0 Å². The Bertz CT molecular complexity index is 829. The van der Waals surface area contributed by atoms with E-state index in [9.17, 15) is 14.0 Å². The molecule has 0 radical (unpaired) electrons. The molecule has 1 saturated heterocycles. The number of imide groups is 1. The summed E-state index contributed by atoms with van der Waals surface area (Å²) in [6.07, 6.45) is 1.69. The fraction of sp³-hybridized carbons (Fsp3) is 0.158. The standard InChI is InChI=1S/C19H16FNO3S/c1-12(2)21-18(22)17(25-19(21)23)11-13-3-7-15(8-4-13)24-16-9-5-14(20)6-10-16/h3-12H,1-2H3/b17-11-. The normalized spacial score (nSPS) is 16.2. The molecule has 6 heteroatoms. The van der Waals surface area contributed by atoms with Gasteiger partial charge < -0.3 is 4.74 Å². The molecule has 0 unspecified atom stereocenters. The van der Waals surface area contributed by atoms with Crippen LogP contribution in [0.5, 0.6) is 11.5 Å². The highest BCUT2D eigenvalue weighted by molar-refractivity contribution is 8.18. The highest BCUT2D eigenvalue weighted by Gasteiger charge is 2.36. The number of hydrogen-bond donors (Lipinski definition) is 0. The Labute approximate surface area is 149 Å². The van der Waals surface area contributed by atoms with Crippen molar-refractivity contribution in [2.24, 2.45) is 0 Å². The summed E-state index contributed by atoms with van der Waals surface area (Å²) in [5.74, 6) is 0.543. The van der Waals surface area contributed by atoms with Crippen LogP contribution in [-0.2, 0) is 4.79 Å². The van der Waals surface area contributed by atoms with E-state index in [1.807, 2.05) is 0 Å². The minimum atomic E-state index is -0.321. The maximum Gasteiger partial charge on any atom is 0.293 e. The van der Waals surface area contributed by atoms with Crippen molar-refractivity contribution < 1.29 is 18.7 Å². The summed E-state index contributed by atoms with van der Waals surface area (Å²) in [5, 5.41) is -0.248. The molecule has 2 aromatic carbocycles. The minimum Gasteiger partial charge on any atom is -0.457 e. The SMILES string of the molecule is CC(C)N1C(=O)S/C(=C\c2ccc(Oc3ccc(F)cc3)cc2)C1=O. The topological polar surface area (TPSA) is 46.6 Å². The summed E-state index contributed by atoms with van der Waals surface area (Å²) < 4.78 is 18.5. The number of rotatable bonds is 4. The van der Waals surface area contributed by atoms with Crippen molar-refractivity contribution in [1.82, 2.24) is 4.90 Å². The average Bonchev–Trinajstić information content (AvgIpc) is 2.85. The lowest BCUT2D eigenvalue weighted by molar-refractivity contribution is -0.123. The maximum atomic E-state index is 12.9.